The van der Waals surface area contributed by atoms with Crippen LogP contribution in [0.4, 0.5) is 0 Å². The Morgan fingerprint density at radius 2 is 1.64 bits per heavy atom. The molecular weight excluding hydrogens is 312 g/mol. The van der Waals surface area contributed by atoms with Crippen LogP contribution in [0.2, 0.25) is 0 Å². The summed E-state index contributed by atoms with van der Waals surface area (Å²) in [6.45, 7) is 0. The van der Waals surface area contributed by atoms with Gasteiger partial charge in [0.2, 0.25) is 0 Å². The molecule has 0 aromatic heterocycles. The zero-order valence-electron chi connectivity index (χ0n) is 13.5. The molecule has 0 heterocycles. The highest BCUT2D eigenvalue weighted by atomic mass is 16.5. The molecule has 3 nitrogen and oxygen atoms in total. The second-order valence-corrected chi connectivity index (χ2v) is 6.27. The number of phenolic OH excluding ortho intramolecular Hbond substituents is 1. The first-order valence-electron chi connectivity index (χ1n) is 8.09. The summed E-state index contributed by atoms with van der Waals surface area (Å²) in [5, 5.41) is 14.0. The Labute approximate surface area is 144 Å². The van der Waals surface area contributed by atoms with Gasteiger partial charge < -0.3 is 9.84 Å². The Morgan fingerprint density at radius 1 is 0.800 bits per heavy atom. The Bertz CT molecular complexity index is 1210. The molecule has 0 amide bonds. The maximum Gasteiger partial charge on any atom is 0.195 e. The van der Waals surface area contributed by atoms with Gasteiger partial charge in [0.15, 0.2) is 5.78 Å². The second-order valence-electron chi connectivity index (χ2n) is 6.27. The highest BCUT2D eigenvalue weighted by Gasteiger charge is 2.31. The lowest BCUT2D eigenvalue weighted by Crippen LogP contribution is -1.96. The van der Waals surface area contributed by atoms with Crippen LogP contribution in [0.5, 0.6) is 11.5 Å². The standard InChI is InChI=1S/C22H14O3/c1-25-13-7-9-15-17(10-13)19(23)11-18-20(15)16-8-6-12-4-2-3-5-14(12)21(16)22(18)24/h2-11,23H,1H3. The first-order valence-corrected chi connectivity index (χ1v) is 8.09. The van der Waals surface area contributed by atoms with Crippen LogP contribution < -0.4 is 4.74 Å². The molecule has 3 heteroatoms. The predicted octanol–water partition coefficient (Wildman–Crippen LogP) is 4.92. The van der Waals surface area contributed by atoms with Gasteiger partial charge in [0, 0.05) is 22.1 Å². The largest absolute Gasteiger partial charge is 0.507 e. The van der Waals surface area contributed by atoms with Crippen molar-refractivity contribution >= 4 is 27.3 Å². The molecule has 1 N–H and O–H groups in total. The lowest BCUT2D eigenvalue weighted by atomic mass is 9.95. The van der Waals surface area contributed by atoms with Crippen LogP contribution in [0.3, 0.4) is 0 Å². The number of fused-ring (bicyclic) bond motifs is 7. The van der Waals surface area contributed by atoms with Gasteiger partial charge in [0.25, 0.3) is 0 Å². The van der Waals surface area contributed by atoms with Crippen molar-refractivity contribution in [1.82, 2.24) is 0 Å². The maximum absolute atomic E-state index is 13.1. The number of hydrogen-bond donors (Lipinski definition) is 1. The van der Waals surface area contributed by atoms with Gasteiger partial charge in [-0.25, -0.2) is 0 Å². The number of hydrogen-bond acceptors (Lipinski definition) is 3. The van der Waals surface area contributed by atoms with Gasteiger partial charge in [-0.15, -0.1) is 0 Å². The van der Waals surface area contributed by atoms with Crippen LogP contribution in [0.15, 0.2) is 60.7 Å². The van der Waals surface area contributed by atoms with E-state index in [1.165, 1.54) is 0 Å². The van der Waals surface area contributed by atoms with Gasteiger partial charge in [-0.1, -0.05) is 36.4 Å². The molecule has 0 fully saturated rings. The molecule has 0 atom stereocenters. The van der Waals surface area contributed by atoms with Crippen molar-refractivity contribution in [3.05, 3.63) is 71.8 Å². The predicted molar refractivity (Wildman–Crippen MR) is 98.5 cm³/mol. The molecule has 0 unspecified atom stereocenters. The summed E-state index contributed by atoms with van der Waals surface area (Å²) >= 11 is 0. The highest BCUT2D eigenvalue weighted by Crippen LogP contribution is 2.47. The van der Waals surface area contributed by atoms with E-state index in [4.69, 9.17) is 4.74 Å². The summed E-state index contributed by atoms with van der Waals surface area (Å²) < 4.78 is 5.27. The maximum atomic E-state index is 13.1. The van der Waals surface area contributed by atoms with Gasteiger partial charge in [0.05, 0.1) is 7.11 Å². The minimum Gasteiger partial charge on any atom is -0.507 e. The molecule has 4 aromatic carbocycles. The minimum atomic E-state index is -0.0326. The van der Waals surface area contributed by atoms with Crippen LogP contribution in [0.1, 0.15) is 15.9 Å². The zero-order chi connectivity index (χ0) is 17.1. The lowest BCUT2D eigenvalue weighted by Gasteiger charge is -2.10. The van der Waals surface area contributed by atoms with Crippen molar-refractivity contribution in [3.63, 3.8) is 0 Å². The van der Waals surface area contributed by atoms with Crippen molar-refractivity contribution in [2.75, 3.05) is 7.11 Å². The van der Waals surface area contributed by atoms with Crippen molar-refractivity contribution in [1.29, 1.82) is 0 Å². The van der Waals surface area contributed by atoms with Crippen LogP contribution in [0, 0.1) is 0 Å². The van der Waals surface area contributed by atoms with Gasteiger partial charge in [0.1, 0.15) is 11.5 Å². The summed E-state index contributed by atoms with van der Waals surface area (Å²) in [6, 6.07) is 19.1. The second kappa shape index (κ2) is 4.84. The van der Waals surface area contributed by atoms with Crippen LogP contribution in [0.25, 0.3) is 32.7 Å². The number of benzene rings is 4. The highest BCUT2D eigenvalue weighted by molar-refractivity contribution is 6.31. The number of methoxy groups -OCH3 is 1. The summed E-state index contributed by atoms with van der Waals surface area (Å²) in [4.78, 5) is 13.1. The van der Waals surface area contributed by atoms with E-state index in [1.807, 2.05) is 48.5 Å². The normalized spacial score (nSPS) is 12.4. The monoisotopic (exact) mass is 326 g/mol. The minimum absolute atomic E-state index is 0.0326. The average molecular weight is 326 g/mol. The third-order valence-corrected chi connectivity index (χ3v) is 4.99. The number of ketones is 1. The van der Waals surface area contributed by atoms with Crippen LogP contribution in [-0.4, -0.2) is 18.0 Å². The summed E-state index contributed by atoms with van der Waals surface area (Å²) in [5.74, 6) is 0.735. The Hall–Kier alpha value is -3.33. The molecule has 1 aliphatic rings. The fraction of sp³-hybridized carbons (Fsp3) is 0.0455. The molecule has 0 spiro atoms. The SMILES string of the molecule is COc1ccc2c3c(cc(O)c2c1)C(=O)c1c-3ccc2ccccc12. The van der Waals surface area contributed by atoms with Gasteiger partial charge in [-0.05, 0) is 46.0 Å². The van der Waals surface area contributed by atoms with E-state index in [0.29, 0.717) is 16.7 Å². The van der Waals surface area contributed by atoms with E-state index >= 15 is 0 Å². The third-order valence-electron chi connectivity index (χ3n) is 4.99. The van der Waals surface area contributed by atoms with E-state index in [9.17, 15) is 9.90 Å². The topological polar surface area (TPSA) is 46.5 Å². The number of ether oxygens (including phenoxy) is 1. The molecular formula is C22H14O3. The average Bonchev–Trinajstić information content (AvgIpc) is 2.94. The fourth-order valence-electron chi connectivity index (χ4n) is 3.84. The summed E-state index contributed by atoms with van der Waals surface area (Å²) in [7, 11) is 1.59. The Kier molecular flexibility index (Phi) is 2.72. The summed E-state index contributed by atoms with van der Waals surface area (Å²) in [6.07, 6.45) is 0. The molecule has 1 aliphatic carbocycles. The number of carbonyl (C=O) groups excluding carboxylic acids is 1. The number of carbonyl (C=O) groups is 1. The van der Waals surface area contributed by atoms with Crippen LogP contribution in [-0.2, 0) is 0 Å². The molecule has 5 rings (SSSR count). The molecule has 120 valence electrons. The van der Waals surface area contributed by atoms with E-state index in [-0.39, 0.29) is 11.5 Å². The van der Waals surface area contributed by atoms with Crippen LogP contribution >= 0.6 is 0 Å². The van der Waals surface area contributed by atoms with Crippen molar-refractivity contribution in [2.45, 2.75) is 0 Å². The van der Waals surface area contributed by atoms with E-state index in [1.54, 1.807) is 19.2 Å². The number of phenols is 1. The Morgan fingerprint density at radius 3 is 2.48 bits per heavy atom. The molecule has 4 aromatic rings. The fourth-order valence-corrected chi connectivity index (χ4v) is 3.84. The first-order chi connectivity index (χ1) is 12.2. The third kappa shape index (κ3) is 1.78. The van der Waals surface area contributed by atoms with Gasteiger partial charge in [-0.3, -0.25) is 4.79 Å². The van der Waals surface area contributed by atoms with Crippen molar-refractivity contribution in [3.8, 4) is 22.6 Å². The van der Waals surface area contributed by atoms with E-state index < -0.39 is 0 Å². The molecule has 0 saturated carbocycles. The number of rotatable bonds is 1. The van der Waals surface area contributed by atoms with Crippen molar-refractivity contribution in [2.24, 2.45) is 0 Å². The molecule has 0 saturated heterocycles. The smallest absolute Gasteiger partial charge is 0.195 e. The van der Waals surface area contributed by atoms with E-state index in [2.05, 4.69) is 0 Å². The van der Waals surface area contributed by atoms with E-state index in [0.717, 1.165) is 32.8 Å². The Balaban J connectivity index is 1.94. The molecule has 25 heavy (non-hydrogen) atoms. The van der Waals surface area contributed by atoms with Crippen molar-refractivity contribution < 1.29 is 14.6 Å². The molecule has 0 aliphatic heterocycles. The quantitative estimate of drug-likeness (QED) is 0.476. The zero-order valence-corrected chi connectivity index (χ0v) is 13.5. The first kappa shape index (κ1) is 14.1. The van der Waals surface area contributed by atoms with Gasteiger partial charge in [-0.2, -0.15) is 0 Å². The lowest BCUT2D eigenvalue weighted by molar-refractivity contribution is 0.104. The summed E-state index contributed by atoms with van der Waals surface area (Å²) in [5.41, 5.74) is 3.09. The molecule has 0 bridgehead atoms. The number of aromatic hydroxyl groups is 1. The van der Waals surface area contributed by atoms with Gasteiger partial charge >= 0.3 is 0 Å². The molecule has 0 radical (unpaired) electrons.